The number of urea groups is 1. The van der Waals surface area contributed by atoms with Crippen molar-refractivity contribution >= 4 is 23.6 Å². The second kappa shape index (κ2) is 7.06. The van der Waals surface area contributed by atoms with Gasteiger partial charge < -0.3 is 4.90 Å². The standard InChI is InChI=1S/C19H18FN5O3/c1-11-9-22-16(10-21-11)18(27)24-6-4-13(5-7-24)25-17(26)14-8-12(20)2-3-15(14)23-19(25)28/h2-3,8-10,13-14H,4-7H2,1H3. The number of fused-ring (bicyclic) bond motifs is 1. The number of carbonyl (C=O) groups is 3. The highest BCUT2D eigenvalue weighted by Crippen LogP contribution is 2.27. The predicted molar refractivity (Wildman–Crippen MR) is 97.2 cm³/mol. The summed E-state index contributed by atoms with van der Waals surface area (Å²) in [5, 5.41) is 0. The van der Waals surface area contributed by atoms with E-state index in [-0.39, 0.29) is 23.4 Å². The monoisotopic (exact) mass is 383 g/mol. The number of halogens is 1. The Kier molecular flexibility index (Phi) is 4.58. The van der Waals surface area contributed by atoms with Crippen LogP contribution in [0.5, 0.6) is 0 Å². The van der Waals surface area contributed by atoms with Crippen molar-refractivity contribution < 1.29 is 18.8 Å². The van der Waals surface area contributed by atoms with E-state index >= 15 is 0 Å². The second-order valence-electron chi connectivity index (χ2n) is 6.96. The summed E-state index contributed by atoms with van der Waals surface area (Å²) in [6.45, 7) is 2.54. The van der Waals surface area contributed by atoms with E-state index in [1.165, 1.54) is 30.6 Å². The zero-order valence-corrected chi connectivity index (χ0v) is 15.2. The molecule has 1 fully saturated rings. The van der Waals surface area contributed by atoms with Gasteiger partial charge in [0.2, 0.25) is 5.91 Å². The van der Waals surface area contributed by atoms with Crippen LogP contribution in [0, 0.1) is 12.8 Å². The van der Waals surface area contributed by atoms with Crippen molar-refractivity contribution in [2.24, 2.45) is 10.9 Å². The molecule has 1 aliphatic carbocycles. The molecule has 0 aromatic carbocycles. The summed E-state index contributed by atoms with van der Waals surface area (Å²) >= 11 is 0. The largest absolute Gasteiger partial charge is 0.350 e. The topological polar surface area (TPSA) is 95.8 Å². The Morgan fingerprint density at radius 2 is 1.89 bits per heavy atom. The fourth-order valence-electron chi connectivity index (χ4n) is 3.61. The molecule has 9 heteroatoms. The molecule has 144 valence electrons. The van der Waals surface area contributed by atoms with E-state index in [9.17, 15) is 18.8 Å². The van der Waals surface area contributed by atoms with Crippen molar-refractivity contribution in [1.29, 1.82) is 0 Å². The lowest BCUT2D eigenvalue weighted by Gasteiger charge is -2.39. The third-order valence-corrected chi connectivity index (χ3v) is 5.11. The minimum Gasteiger partial charge on any atom is -0.337 e. The maximum Gasteiger partial charge on any atom is 0.350 e. The van der Waals surface area contributed by atoms with Crippen LogP contribution in [0.1, 0.15) is 29.0 Å². The fraction of sp³-hybridized carbons (Fsp3) is 0.368. The molecular formula is C19H18FN5O3. The summed E-state index contributed by atoms with van der Waals surface area (Å²) in [6.07, 6.45) is 7.56. The minimum absolute atomic E-state index is 0.232. The van der Waals surface area contributed by atoms with E-state index in [2.05, 4.69) is 15.0 Å². The maximum atomic E-state index is 13.5. The number of aromatic nitrogens is 2. The number of hydrogen-bond donors (Lipinski definition) is 0. The molecule has 3 aliphatic rings. The molecule has 1 atom stereocenters. The normalized spacial score (nSPS) is 22.7. The number of likely N-dealkylation sites (tertiary alicyclic amines) is 1. The molecule has 3 heterocycles. The number of rotatable bonds is 2. The Morgan fingerprint density at radius 3 is 2.57 bits per heavy atom. The van der Waals surface area contributed by atoms with Gasteiger partial charge in [0.1, 0.15) is 17.4 Å². The molecule has 1 aromatic rings. The van der Waals surface area contributed by atoms with E-state index in [0.29, 0.717) is 25.9 Å². The molecule has 1 saturated heterocycles. The summed E-state index contributed by atoms with van der Waals surface area (Å²) < 4.78 is 13.5. The smallest absolute Gasteiger partial charge is 0.337 e. The van der Waals surface area contributed by atoms with Crippen LogP contribution in [-0.4, -0.2) is 62.5 Å². The van der Waals surface area contributed by atoms with Gasteiger partial charge in [-0.05, 0) is 38.0 Å². The van der Waals surface area contributed by atoms with Crippen molar-refractivity contribution in [1.82, 2.24) is 19.8 Å². The zero-order chi connectivity index (χ0) is 19.8. The lowest BCUT2D eigenvalue weighted by molar-refractivity contribution is -0.131. The zero-order valence-electron chi connectivity index (χ0n) is 15.2. The highest BCUT2D eigenvalue weighted by molar-refractivity contribution is 6.21. The summed E-state index contributed by atoms with van der Waals surface area (Å²) in [5.74, 6) is -2.09. The number of imide groups is 1. The van der Waals surface area contributed by atoms with Crippen molar-refractivity contribution in [2.45, 2.75) is 25.8 Å². The first kappa shape index (κ1) is 18.1. The van der Waals surface area contributed by atoms with E-state index in [4.69, 9.17) is 0 Å². The van der Waals surface area contributed by atoms with Crippen LogP contribution in [0.25, 0.3) is 0 Å². The Labute approximate surface area is 160 Å². The second-order valence-corrected chi connectivity index (χ2v) is 6.96. The highest BCUT2D eigenvalue weighted by atomic mass is 19.1. The van der Waals surface area contributed by atoms with E-state index in [1.54, 1.807) is 11.8 Å². The van der Waals surface area contributed by atoms with Crippen LogP contribution in [0.15, 0.2) is 41.4 Å². The van der Waals surface area contributed by atoms with Crippen molar-refractivity contribution in [3.63, 3.8) is 0 Å². The molecule has 0 bridgehead atoms. The van der Waals surface area contributed by atoms with Crippen molar-refractivity contribution in [3.05, 3.63) is 47.8 Å². The lowest BCUT2D eigenvalue weighted by Crippen LogP contribution is -2.54. The highest BCUT2D eigenvalue weighted by Gasteiger charge is 2.41. The average molecular weight is 383 g/mol. The lowest BCUT2D eigenvalue weighted by atomic mass is 9.92. The van der Waals surface area contributed by atoms with Crippen LogP contribution >= 0.6 is 0 Å². The van der Waals surface area contributed by atoms with E-state index < -0.39 is 23.7 Å². The van der Waals surface area contributed by atoms with Gasteiger partial charge in [-0.3, -0.25) is 19.5 Å². The fourth-order valence-corrected chi connectivity index (χ4v) is 3.61. The molecule has 1 unspecified atom stereocenters. The van der Waals surface area contributed by atoms with E-state index in [1.807, 2.05) is 0 Å². The number of carbonyl (C=O) groups excluding carboxylic acids is 3. The summed E-state index contributed by atoms with van der Waals surface area (Å²) in [4.78, 5) is 52.6. The average Bonchev–Trinajstić information content (AvgIpc) is 2.69. The SMILES string of the molecule is Cc1cnc(C(=O)N2CCC(N3C(=O)N=C4C=CC(F)=CC4C3=O)CC2)cn1. The maximum absolute atomic E-state index is 13.5. The van der Waals surface area contributed by atoms with Gasteiger partial charge in [-0.25, -0.2) is 14.2 Å². The predicted octanol–water partition coefficient (Wildman–Crippen LogP) is 1.83. The van der Waals surface area contributed by atoms with Crippen LogP contribution in [0.3, 0.4) is 0 Å². The number of amides is 4. The van der Waals surface area contributed by atoms with Gasteiger partial charge in [-0.15, -0.1) is 0 Å². The number of aliphatic imine (C=N–C) groups is 1. The van der Waals surface area contributed by atoms with Gasteiger partial charge in [-0.2, -0.15) is 4.99 Å². The third-order valence-electron chi connectivity index (χ3n) is 5.11. The van der Waals surface area contributed by atoms with Crippen LogP contribution in [-0.2, 0) is 4.79 Å². The molecule has 0 spiro atoms. The Balaban J connectivity index is 1.45. The molecule has 4 rings (SSSR count). The number of hydrogen-bond acceptors (Lipinski definition) is 5. The first-order valence-corrected chi connectivity index (χ1v) is 9.03. The molecule has 8 nitrogen and oxygen atoms in total. The Morgan fingerprint density at radius 1 is 1.14 bits per heavy atom. The quantitative estimate of drug-likeness (QED) is 0.776. The van der Waals surface area contributed by atoms with Gasteiger partial charge in [0, 0.05) is 25.3 Å². The molecule has 1 aromatic heterocycles. The Hall–Kier alpha value is -3.23. The van der Waals surface area contributed by atoms with Gasteiger partial charge in [0.05, 0.1) is 17.6 Å². The number of nitrogens with zero attached hydrogens (tertiary/aromatic N) is 5. The van der Waals surface area contributed by atoms with Gasteiger partial charge in [0.25, 0.3) is 5.91 Å². The molecule has 0 N–H and O–H groups in total. The minimum atomic E-state index is -0.870. The summed E-state index contributed by atoms with van der Waals surface area (Å²) in [5.41, 5.74) is 1.25. The molecule has 28 heavy (non-hydrogen) atoms. The van der Waals surface area contributed by atoms with Crippen LogP contribution in [0.4, 0.5) is 9.18 Å². The molecular weight excluding hydrogens is 365 g/mol. The first-order valence-electron chi connectivity index (χ1n) is 9.03. The van der Waals surface area contributed by atoms with Crippen molar-refractivity contribution in [3.8, 4) is 0 Å². The van der Waals surface area contributed by atoms with E-state index in [0.717, 1.165) is 10.6 Å². The molecule has 2 aliphatic heterocycles. The van der Waals surface area contributed by atoms with Gasteiger partial charge in [0.15, 0.2) is 0 Å². The third kappa shape index (κ3) is 3.23. The number of piperidine rings is 1. The molecule has 0 radical (unpaired) electrons. The number of allylic oxidation sites excluding steroid dienone is 3. The van der Waals surface area contributed by atoms with Crippen LogP contribution < -0.4 is 0 Å². The summed E-state index contributed by atoms with van der Waals surface area (Å²) in [6, 6.07) is -1.01. The molecule has 0 saturated carbocycles. The molecule has 4 amide bonds. The number of aryl methyl sites for hydroxylation is 1. The van der Waals surface area contributed by atoms with Crippen molar-refractivity contribution in [2.75, 3.05) is 13.1 Å². The Bertz CT molecular complexity index is 929. The van der Waals surface area contributed by atoms with Crippen LogP contribution in [0.2, 0.25) is 0 Å². The first-order chi connectivity index (χ1) is 13.4. The summed E-state index contributed by atoms with van der Waals surface area (Å²) in [7, 11) is 0. The van der Waals surface area contributed by atoms with Gasteiger partial charge in [-0.1, -0.05) is 0 Å². The van der Waals surface area contributed by atoms with Gasteiger partial charge >= 0.3 is 6.03 Å².